The smallest absolute Gasteiger partial charge is 0.314 e. The van der Waals surface area contributed by atoms with Crippen molar-refractivity contribution in [3.05, 3.63) is 29.6 Å². The topological polar surface area (TPSA) is 50.1 Å². The minimum atomic E-state index is -0.650. The number of nitrogens with zero attached hydrogens (tertiary/aromatic N) is 1. The van der Waals surface area contributed by atoms with Crippen LogP contribution in [-0.2, 0) is 4.79 Å². The van der Waals surface area contributed by atoms with E-state index in [0.717, 1.165) is 66.7 Å². The summed E-state index contributed by atoms with van der Waals surface area (Å²) < 4.78 is 19.0. The van der Waals surface area contributed by atoms with Gasteiger partial charge in [0.1, 0.15) is 17.6 Å². The highest BCUT2D eigenvalue weighted by molar-refractivity contribution is 7.24. The Morgan fingerprint density at radius 2 is 1.74 bits per heavy atom. The minimum absolute atomic E-state index is 0.0398. The number of hydrogen-bond acceptors (Lipinski definition) is 3. The van der Waals surface area contributed by atoms with Crippen LogP contribution >= 0.6 is 0 Å². The van der Waals surface area contributed by atoms with Crippen molar-refractivity contribution < 1.29 is 13.9 Å². The van der Waals surface area contributed by atoms with Crippen molar-refractivity contribution in [2.45, 2.75) is 56.9 Å². The zero-order chi connectivity index (χ0) is 19.2. The summed E-state index contributed by atoms with van der Waals surface area (Å²) in [6.45, 7) is 0. The first-order chi connectivity index (χ1) is 13.1. The maximum atomic E-state index is 13.7. The molecule has 1 aromatic carbocycles. The van der Waals surface area contributed by atoms with Crippen LogP contribution in [0.3, 0.4) is 0 Å². The van der Waals surface area contributed by atoms with Gasteiger partial charge in [0.2, 0.25) is 0 Å². The van der Waals surface area contributed by atoms with Crippen LogP contribution in [0.5, 0.6) is 5.75 Å². The minimum Gasteiger partial charge on any atom is -0.426 e. The number of nitriles is 1. The zero-order valence-electron chi connectivity index (χ0n) is 15.3. The molecule has 2 aliphatic rings. The van der Waals surface area contributed by atoms with E-state index in [1.54, 1.807) is 6.07 Å². The average molecular weight is 413 g/mol. The van der Waals surface area contributed by atoms with Crippen LogP contribution in [0.2, 0.25) is 5.54 Å². The Hall–Kier alpha value is -1.24. The molecule has 2 saturated carbocycles. The van der Waals surface area contributed by atoms with Gasteiger partial charge in [-0.25, -0.2) is 4.39 Å². The summed E-state index contributed by atoms with van der Waals surface area (Å²) in [6.07, 6.45) is 9.35. The quantitative estimate of drug-likeness (QED) is 0.420. The van der Waals surface area contributed by atoms with Gasteiger partial charge in [0.05, 0.1) is 11.5 Å². The summed E-state index contributed by atoms with van der Waals surface area (Å²) >= 11 is 0. The first-order valence-corrected chi connectivity index (χ1v) is 14.3. The van der Waals surface area contributed by atoms with Crippen molar-refractivity contribution in [1.82, 2.24) is 0 Å². The van der Waals surface area contributed by atoms with Crippen molar-refractivity contribution in [2.75, 3.05) is 0 Å². The maximum absolute atomic E-state index is 13.7. The number of esters is 1. The van der Waals surface area contributed by atoms with E-state index >= 15 is 0 Å². The van der Waals surface area contributed by atoms with Gasteiger partial charge in [0.15, 0.2) is 0 Å². The Bertz CT molecular complexity index is 693. The summed E-state index contributed by atoms with van der Waals surface area (Å²) in [7, 11) is 5.62. The van der Waals surface area contributed by atoms with Gasteiger partial charge in [-0.15, -0.1) is 0 Å². The first kappa shape index (κ1) is 20.5. The molecule has 0 heterocycles. The molecule has 0 bridgehead atoms. The standard InChI is InChI=1S/C20H23FNO2Si3/c21-19-11-17(8-5-16(19)12-22)24-20(23)15-3-1-13(2-4-15)14-6-9-18(10-7-14)26-27-25/h5,8,11,13-15,18H,1-4,6-7,9-10H2. The van der Waals surface area contributed by atoms with Gasteiger partial charge in [-0.2, -0.15) is 5.26 Å². The Labute approximate surface area is 168 Å². The highest BCUT2D eigenvalue weighted by atomic mass is 29.5. The van der Waals surface area contributed by atoms with E-state index in [1.807, 2.05) is 0 Å². The van der Waals surface area contributed by atoms with E-state index < -0.39 is 5.82 Å². The van der Waals surface area contributed by atoms with Gasteiger partial charge in [-0.1, -0.05) is 31.2 Å². The van der Waals surface area contributed by atoms with Crippen LogP contribution in [0.1, 0.15) is 56.9 Å². The third-order valence-corrected chi connectivity index (χ3v) is 10.2. The third kappa shape index (κ3) is 5.40. The third-order valence-electron chi connectivity index (χ3n) is 6.10. The Morgan fingerprint density at radius 1 is 1.11 bits per heavy atom. The van der Waals surface area contributed by atoms with E-state index in [1.165, 1.54) is 37.8 Å². The molecule has 0 aromatic heterocycles. The molecule has 0 N–H and O–H groups in total. The number of carbonyl (C=O) groups is 1. The number of rotatable bonds is 5. The largest absolute Gasteiger partial charge is 0.426 e. The summed E-state index contributed by atoms with van der Waals surface area (Å²) in [6, 6.07) is 5.72. The van der Waals surface area contributed by atoms with Gasteiger partial charge < -0.3 is 4.74 Å². The lowest BCUT2D eigenvalue weighted by Crippen LogP contribution is -2.30. The summed E-state index contributed by atoms with van der Waals surface area (Å²) in [5, 5.41) is 8.77. The van der Waals surface area contributed by atoms with E-state index in [9.17, 15) is 9.18 Å². The predicted octanol–water partition coefficient (Wildman–Crippen LogP) is 3.79. The molecule has 0 amide bonds. The van der Waals surface area contributed by atoms with Crippen molar-refractivity contribution in [2.24, 2.45) is 17.8 Å². The van der Waals surface area contributed by atoms with Crippen molar-refractivity contribution in [3.63, 3.8) is 0 Å². The predicted molar refractivity (Wildman–Crippen MR) is 105 cm³/mol. The van der Waals surface area contributed by atoms with Crippen LogP contribution in [0.15, 0.2) is 18.2 Å². The molecule has 3 nitrogen and oxygen atoms in total. The van der Waals surface area contributed by atoms with E-state index in [-0.39, 0.29) is 23.2 Å². The monoisotopic (exact) mass is 412 g/mol. The fourth-order valence-corrected chi connectivity index (χ4v) is 8.65. The molecular weight excluding hydrogens is 389 g/mol. The SMILES string of the molecule is N#Cc1ccc(OC(=O)C2CCC(C3CCC([Si][Si][Si])CC3)CC2)cc1F. The van der Waals surface area contributed by atoms with Crippen molar-refractivity contribution in [3.8, 4) is 11.8 Å². The van der Waals surface area contributed by atoms with Crippen molar-refractivity contribution in [1.29, 1.82) is 5.26 Å². The number of carbonyl (C=O) groups excluding carboxylic acids is 1. The fourth-order valence-electron chi connectivity index (χ4n) is 4.51. The van der Waals surface area contributed by atoms with Crippen molar-refractivity contribution >= 4 is 33.3 Å². The molecule has 2 fully saturated rings. The molecular formula is C20H23FNO2Si3. The molecule has 0 unspecified atom stereocenters. The molecule has 0 atom stereocenters. The lowest BCUT2D eigenvalue weighted by atomic mass is 9.71. The van der Waals surface area contributed by atoms with Gasteiger partial charge in [0, 0.05) is 33.4 Å². The van der Waals surface area contributed by atoms with E-state index in [0.29, 0.717) is 0 Å². The van der Waals surface area contributed by atoms with Crippen LogP contribution in [0.4, 0.5) is 4.39 Å². The van der Waals surface area contributed by atoms with Gasteiger partial charge >= 0.3 is 5.97 Å². The lowest BCUT2D eigenvalue weighted by molar-refractivity contribution is -0.140. The number of benzene rings is 1. The second-order valence-corrected chi connectivity index (χ2v) is 12.9. The molecule has 27 heavy (non-hydrogen) atoms. The average Bonchev–Trinajstić information content (AvgIpc) is 2.69. The first-order valence-electron chi connectivity index (χ1n) is 9.69. The molecule has 7 radical (unpaired) electrons. The van der Waals surface area contributed by atoms with Gasteiger partial charge in [-0.3, -0.25) is 4.79 Å². The Balaban J connectivity index is 1.46. The molecule has 0 spiro atoms. The number of hydrogen-bond donors (Lipinski definition) is 0. The number of halogens is 1. The van der Waals surface area contributed by atoms with E-state index in [2.05, 4.69) is 9.76 Å². The summed E-state index contributed by atoms with van der Waals surface area (Å²) in [5.41, 5.74) is 0.887. The molecule has 2 aliphatic carbocycles. The molecule has 1 aromatic rings. The highest BCUT2D eigenvalue weighted by Gasteiger charge is 2.33. The molecule has 139 valence electrons. The Kier molecular flexibility index (Phi) is 7.44. The fraction of sp³-hybridized carbons (Fsp3) is 0.600. The highest BCUT2D eigenvalue weighted by Crippen LogP contribution is 2.42. The summed E-state index contributed by atoms with van der Waals surface area (Å²) in [4.78, 5) is 12.4. The zero-order valence-corrected chi connectivity index (χ0v) is 18.3. The van der Waals surface area contributed by atoms with Crippen LogP contribution in [0.25, 0.3) is 0 Å². The lowest BCUT2D eigenvalue weighted by Gasteiger charge is -2.37. The second kappa shape index (κ2) is 9.80. The molecule has 0 saturated heterocycles. The second-order valence-electron chi connectivity index (χ2n) is 7.67. The molecule has 3 rings (SSSR count). The normalized spacial score (nSPS) is 28.3. The Morgan fingerprint density at radius 3 is 2.30 bits per heavy atom. The molecule has 7 heteroatoms. The number of ether oxygens (including phenoxy) is 1. The van der Waals surface area contributed by atoms with Crippen LogP contribution < -0.4 is 4.74 Å². The van der Waals surface area contributed by atoms with Gasteiger partial charge in [-0.05, 0) is 49.7 Å². The van der Waals surface area contributed by atoms with Crippen LogP contribution in [-0.4, -0.2) is 33.3 Å². The molecule has 0 aliphatic heterocycles. The van der Waals surface area contributed by atoms with E-state index in [4.69, 9.17) is 10.00 Å². The maximum Gasteiger partial charge on any atom is 0.314 e. The summed E-state index contributed by atoms with van der Waals surface area (Å²) in [5.74, 6) is 0.756. The van der Waals surface area contributed by atoms with Gasteiger partial charge in [0.25, 0.3) is 0 Å². The van der Waals surface area contributed by atoms with Crippen LogP contribution in [0, 0.1) is 34.9 Å².